The summed E-state index contributed by atoms with van der Waals surface area (Å²) in [5.41, 5.74) is 1.23. The number of ketones is 1. The third kappa shape index (κ3) is 1.13. The Morgan fingerprint density at radius 3 is 3.00 bits per heavy atom. The second-order valence-corrected chi connectivity index (χ2v) is 3.32. The quantitative estimate of drug-likeness (QED) is 0.464. The van der Waals surface area contributed by atoms with Crippen LogP contribution in [0.4, 0.5) is 0 Å². The maximum atomic E-state index is 11.6. The predicted octanol–water partition coefficient (Wildman–Crippen LogP) is -0.0519. The zero-order valence-electron chi connectivity index (χ0n) is 7.98. The monoisotopic (exact) mass is 194 g/mol. The fourth-order valence-corrected chi connectivity index (χ4v) is 1.70. The highest BCUT2D eigenvalue weighted by atomic mass is 16.5. The number of Topliss-reactive ketones (excluding diaryl/α,β-unsaturated/α-hetero) is 1. The van der Waals surface area contributed by atoms with Crippen LogP contribution < -0.4 is 0 Å². The van der Waals surface area contributed by atoms with Crippen LogP contribution in [0, 0.1) is 5.92 Å². The molecule has 0 aromatic carbocycles. The minimum absolute atomic E-state index is 0.229. The summed E-state index contributed by atoms with van der Waals surface area (Å²) in [5, 5.41) is 4.00. The number of ether oxygens (including phenoxy) is 1. The average molecular weight is 194 g/mol. The van der Waals surface area contributed by atoms with Crippen LogP contribution in [0.2, 0.25) is 0 Å². The molecule has 0 spiro atoms. The Labute approximate surface area is 80.7 Å². The third-order valence-electron chi connectivity index (χ3n) is 2.36. The highest BCUT2D eigenvalue weighted by Gasteiger charge is 2.38. The minimum atomic E-state index is -0.682. The third-order valence-corrected chi connectivity index (χ3v) is 2.36. The molecule has 0 fully saturated rings. The van der Waals surface area contributed by atoms with Gasteiger partial charge in [0.15, 0.2) is 5.78 Å². The number of hydrogen-bond acceptors (Lipinski definition) is 4. The van der Waals surface area contributed by atoms with Gasteiger partial charge in [0.05, 0.1) is 7.11 Å². The van der Waals surface area contributed by atoms with Gasteiger partial charge >= 0.3 is 5.97 Å². The molecule has 0 saturated carbocycles. The lowest BCUT2D eigenvalue weighted by Crippen LogP contribution is -2.22. The van der Waals surface area contributed by atoms with Gasteiger partial charge in [0.25, 0.3) is 0 Å². The molecule has 14 heavy (non-hydrogen) atoms. The topological polar surface area (TPSA) is 61.2 Å². The summed E-state index contributed by atoms with van der Waals surface area (Å²) in [6, 6.07) is 0. The van der Waals surface area contributed by atoms with Crippen LogP contribution in [0.3, 0.4) is 0 Å². The van der Waals surface area contributed by atoms with E-state index in [-0.39, 0.29) is 5.78 Å². The molecule has 0 N–H and O–H groups in total. The molecule has 0 aliphatic heterocycles. The number of aromatic nitrogens is 2. The maximum absolute atomic E-state index is 11.6. The second kappa shape index (κ2) is 2.94. The summed E-state index contributed by atoms with van der Waals surface area (Å²) >= 11 is 0. The number of aryl methyl sites for hydroxylation is 1. The highest BCUT2D eigenvalue weighted by Crippen LogP contribution is 2.25. The number of rotatable bonds is 1. The van der Waals surface area contributed by atoms with Gasteiger partial charge in [-0.3, -0.25) is 14.3 Å². The van der Waals surface area contributed by atoms with Crippen LogP contribution in [0.1, 0.15) is 16.1 Å². The number of nitrogens with zero attached hydrogens (tertiary/aromatic N) is 2. The van der Waals surface area contributed by atoms with Gasteiger partial charge < -0.3 is 4.74 Å². The van der Waals surface area contributed by atoms with E-state index >= 15 is 0 Å². The lowest BCUT2D eigenvalue weighted by Gasteiger charge is -2.04. The van der Waals surface area contributed by atoms with Crippen LogP contribution in [-0.2, 0) is 23.0 Å². The van der Waals surface area contributed by atoms with Gasteiger partial charge in [0.2, 0.25) is 0 Å². The summed E-state index contributed by atoms with van der Waals surface area (Å²) < 4.78 is 6.12. The Morgan fingerprint density at radius 2 is 2.43 bits per heavy atom. The first kappa shape index (κ1) is 8.93. The molecule has 5 heteroatoms. The first-order chi connectivity index (χ1) is 6.63. The first-order valence-electron chi connectivity index (χ1n) is 4.28. The highest BCUT2D eigenvalue weighted by molar-refractivity contribution is 6.11. The van der Waals surface area contributed by atoms with Crippen LogP contribution in [-0.4, -0.2) is 28.6 Å². The van der Waals surface area contributed by atoms with E-state index in [1.807, 2.05) is 0 Å². The van der Waals surface area contributed by atoms with E-state index in [1.165, 1.54) is 7.11 Å². The molecule has 1 aliphatic rings. The van der Waals surface area contributed by atoms with E-state index in [4.69, 9.17) is 0 Å². The normalized spacial score (nSPS) is 19.6. The number of methoxy groups -OCH3 is 1. The molecule has 74 valence electrons. The molecule has 1 unspecified atom stereocenters. The molecule has 0 amide bonds. The Morgan fingerprint density at radius 1 is 1.71 bits per heavy atom. The SMILES string of the molecule is COC(=O)C1Cc2cn(C)nc2C1=O. The fraction of sp³-hybridized carbons (Fsp3) is 0.444. The van der Waals surface area contributed by atoms with Gasteiger partial charge in [-0.1, -0.05) is 0 Å². The van der Waals surface area contributed by atoms with Crippen molar-refractivity contribution in [1.29, 1.82) is 0 Å². The van der Waals surface area contributed by atoms with E-state index < -0.39 is 11.9 Å². The summed E-state index contributed by atoms with van der Waals surface area (Å²) in [6.45, 7) is 0. The van der Waals surface area contributed by atoms with E-state index in [2.05, 4.69) is 9.84 Å². The fourth-order valence-electron chi connectivity index (χ4n) is 1.70. The molecule has 5 nitrogen and oxygen atoms in total. The largest absolute Gasteiger partial charge is 0.468 e. The zero-order chi connectivity index (χ0) is 10.3. The zero-order valence-corrected chi connectivity index (χ0v) is 7.98. The van der Waals surface area contributed by atoms with Gasteiger partial charge in [0.1, 0.15) is 11.6 Å². The average Bonchev–Trinajstić information content (AvgIpc) is 2.64. The van der Waals surface area contributed by atoms with E-state index in [9.17, 15) is 9.59 Å². The van der Waals surface area contributed by atoms with Gasteiger partial charge in [-0.15, -0.1) is 0 Å². The smallest absolute Gasteiger partial charge is 0.316 e. The van der Waals surface area contributed by atoms with Crippen molar-refractivity contribution in [1.82, 2.24) is 9.78 Å². The van der Waals surface area contributed by atoms with Crippen LogP contribution >= 0.6 is 0 Å². The van der Waals surface area contributed by atoms with Crippen molar-refractivity contribution >= 4 is 11.8 Å². The molecule has 1 heterocycles. The van der Waals surface area contributed by atoms with Gasteiger partial charge in [0, 0.05) is 18.8 Å². The van der Waals surface area contributed by atoms with E-state index in [0.29, 0.717) is 12.1 Å². The molecular formula is C9H10N2O3. The Kier molecular flexibility index (Phi) is 1.87. The molecule has 1 atom stereocenters. The van der Waals surface area contributed by atoms with Crippen molar-refractivity contribution < 1.29 is 14.3 Å². The Hall–Kier alpha value is -1.65. The molecule has 0 saturated heterocycles. The van der Waals surface area contributed by atoms with Crippen LogP contribution in [0.25, 0.3) is 0 Å². The van der Waals surface area contributed by atoms with Crippen LogP contribution in [0.5, 0.6) is 0 Å². The van der Waals surface area contributed by atoms with Crippen molar-refractivity contribution in [2.75, 3.05) is 7.11 Å². The number of fused-ring (bicyclic) bond motifs is 1. The molecule has 0 bridgehead atoms. The Bertz CT molecular complexity index is 408. The minimum Gasteiger partial charge on any atom is -0.468 e. The number of carbonyl (C=O) groups excluding carboxylic acids is 2. The van der Waals surface area contributed by atoms with E-state index in [0.717, 1.165) is 5.56 Å². The standard InChI is InChI=1S/C9H10N2O3/c1-11-4-5-3-6(9(13)14-2)8(12)7(5)10-11/h4,6H,3H2,1-2H3. The maximum Gasteiger partial charge on any atom is 0.316 e. The van der Waals surface area contributed by atoms with Crippen molar-refractivity contribution in [2.24, 2.45) is 13.0 Å². The summed E-state index contributed by atoms with van der Waals surface area (Å²) in [5.74, 6) is -1.39. The summed E-state index contributed by atoms with van der Waals surface area (Å²) in [7, 11) is 3.03. The van der Waals surface area contributed by atoms with Crippen molar-refractivity contribution in [3.63, 3.8) is 0 Å². The lowest BCUT2D eigenvalue weighted by molar-refractivity contribution is -0.143. The number of esters is 1. The predicted molar refractivity (Wildman–Crippen MR) is 46.7 cm³/mol. The second-order valence-electron chi connectivity index (χ2n) is 3.32. The lowest BCUT2D eigenvalue weighted by atomic mass is 10.1. The molecule has 2 rings (SSSR count). The number of carbonyl (C=O) groups is 2. The van der Waals surface area contributed by atoms with Gasteiger partial charge in [-0.2, -0.15) is 5.10 Å². The van der Waals surface area contributed by atoms with Gasteiger partial charge in [-0.25, -0.2) is 0 Å². The van der Waals surface area contributed by atoms with Gasteiger partial charge in [-0.05, 0) is 6.42 Å². The summed E-state index contributed by atoms with van der Waals surface area (Å²) in [4.78, 5) is 22.8. The molecule has 1 aromatic rings. The first-order valence-corrected chi connectivity index (χ1v) is 4.28. The molecular weight excluding hydrogens is 184 g/mol. The summed E-state index contributed by atoms with van der Waals surface area (Å²) in [6.07, 6.45) is 2.17. The molecule has 1 aromatic heterocycles. The van der Waals surface area contributed by atoms with Crippen molar-refractivity contribution in [2.45, 2.75) is 6.42 Å². The van der Waals surface area contributed by atoms with Crippen molar-refractivity contribution in [3.05, 3.63) is 17.5 Å². The molecule has 0 radical (unpaired) electrons. The van der Waals surface area contributed by atoms with E-state index in [1.54, 1.807) is 17.9 Å². The van der Waals surface area contributed by atoms with Crippen molar-refractivity contribution in [3.8, 4) is 0 Å². The Balaban J connectivity index is 2.31. The molecule has 1 aliphatic carbocycles. The van der Waals surface area contributed by atoms with Crippen LogP contribution in [0.15, 0.2) is 6.20 Å². The number of hydrogen-bond donors (Lipinski definition) is 0.